The van der Waals surface area contributed by atoms with Crippen molar-refractivity contribution >= 4 is 34.3 Å². The minimum absolute atomic E-state index is 0.0807. The predicted molar refractivity (Wildman–Crippen MR) is 129 cm³/mol. The molecule has 32 heavy (non-hydrogen) atoms. The van der Waals surface area contributed by atoms with Gasteiger partial charge in [0.25, 0.3) is 5.91 Å². The number of rotatable bonds is 3. The number of amides is 2. The van der Waals surface area contributed by atoms with Crippen molar-refractivity contribution in [2.45, 2.75) is 54.0 Å². The number of H-pyrrole nitrogens is 1. The van der Waals surface area contributed by atoms with Crippen LogP contribution >= 0.6 is 0 Å². The lowest BCUT2D eigenvalue weighted by atomic mass is 10.00. The topological polar surface area (TPSA) is 65.6 Å². The maximum Gasteiger partial charge on any atom is 0.414 e. The van der Waals surface area contributed by atoms with Gasteiger partial charge in [-0.25, -0.2) is 4.79 Å². The Morgan fingerprint density at radius 2 is 1.72 bits per heavy atom. The van der Waals surface area contributed by atoms with Crippen molar-refractivity contribution in [1.29, 1.82) is 0 Å². The van der Waals surface area contributed by atoms with Crippen LogP contribution in [0, 0.1) is 27.7 Å². The lowest BCUT2D eigenvalue weighted by Crippen LogP contribution is -2.53. The number of anilines is 2. The second-order valence-electron chi connectivity index (χ2n) is 8.65. The number of fused-ring (bicyclic) bond motifs is 2. The molecule has 4 rings (SSSR count). The van der Waals surface area contributed by atoms with E-state index in [9.17, 15) is 9.59 Å². The fourth-order valence-electron chi connectivity index (χ4n) is 4.52. The van der Waals surface area contributed by atoms with E-state index in [1.54, 1.807) is 11.8 Å². The zero-order valence-corrected chi connectivity index (χ0v) is 19.7. The van der Waals surface area contributed by atoms with Gasteiger partial charge in [0.1, 0.15) is 5.69 Å². The van der Waals surface area contributed by atoms with Crippen LogP contribution in [-0.2, 0) is 4.74 Å². The molecule has 0 aliphatic carbocycles. The molecule has 1 atom stereocenters. The summed E-state index contributed by atoms with van der Waals surface area (Å²) in [6.07, 6.45) is 0.341. The first-order valence-electron chi connectivity index (χ1n) is 11.2. The Morgan fingerprint density at radius 3 is 2.38 bits per heavy atom. The molecule has 2 amide bonds. The Bertz CT molecular complexity index is 1210. The molecule has 0 spiro atoms. The van der Waals surface area contributed by atoms with Gasteiger partial charge in [-0.3, -0.25) is 9.69 Å². The minimum atomic E-state index is -0.367. The fraction of sp³-hybridized carbons (Fsp3) is 0.385. The Balaban J connectivity index is 1.85. The first kappa shape index (κ1) is 21.9. The predicted octanol–water partition coefficient (Wildman–Crippen LogP) is 5.80. The van der Waals surface area contributed by atoms with Crippen LogP contribution in [0.1, 0.15) is 53.0 Å². The molecule has 2 aromatic carbocycles. The summed E-state index contributed by atoms with van der Waals surface area (Å²) in [5.74, 6) is -0.0807. The van der Waals surface area contributed by atoms with Crippen molar-refractivity contribution in [1.82, 2.24) is 4.98 Å². The fourth-order valence-corrected chi connectivity index (χ4v) is 4.52. The number of aromatic amines is 1. The van der Waals surface area contributed by atoms with Gasteiger partial charge in [0.2, 0.25) is 0 Å². The number of hydrogen-bond donors (Lipinski definition) is 1. The number of aryl methyl sites for hydroxylation is 4. The molecule has 1 aromatic heterocycles. The molecule has 0 saturated heterocycles. The van der Waals surface area contributed by atoms with Crippen LogP contribution in [0.2, 0.25) is 0 Å². The molecule has 2 heterocycles. The largest absolute Gasteiger partial charge is 0.449 e. The summed E-state index contributed by atoms with van der Waals surface area (Å²) in [6, 6.07) is 9.99. The lowest BCUT2D eigenvalue weighted by Gasteiger charge is -2.42. The molecular formula is C26H31N3O3. The van der Waals surface area contributed by atoms with E-state index in [1.165, 1.54) is 0 Å². The SMILES string of the molecule is CCOC(=O)N1c2cc(C)c(C)cc2N(C(=O)c2[nH]c3ccc(C)cc3c2C)CC1CC. The quantitative estimate of drug-likeness (QED) is 0.567. The maximum atomic E-state index is 13.9. The molecule has 3 aromatic rings. The maximum absolute atomic E-state index is 13.9. The van der Waals surface area contributed by atoms with Crippen LogP contribution in [0.5, 0.6) is 0 Å². The summed E-state index contributed by atoms with van der Waals surface area (Å²) in [7, 11) is 0. The molecule has 0 fully saturated rings. The van der Waals surface area contributed by atoms with Crippen molar-refractivity contribution in [3.63, 3.8) is 0 Å². The van der Waals surface area contributed by atoms with E-state index in [2.05, 4.69) is 18.0 Å². The standard InChI is InChI=1S/C26H31N3O3/c1-7-19-14-28(25(30)24-18(6)20-11-15(3)9-10-21(20)27-24)22-12-16(4)17(5)13-23(22)29(19)26(31)32-8-2/h9-13,19,27H,7-8,14H2,1-6H3. The highest BCUT2D eigenvalue weighted by Crippen LogP contribution is 2.40. The van der Waals surface area contributed by atoms with Crippen molar-refractivity contribution in [2.24, 2.45) is 0 Å². The number of ether oxygens (including phenoxy) is 1. The highest BCUT2D eigenvalue weighted by Gasteiger charge is 2.38. The Labute approximate surface area is 189 Å². The van der Waals surface area contributed by atoms with Gasteiger partial charge in [0.15, 0.2) is 0 Å². The normalized spacial score (nSPS) is 15.8. The summed E-state index contributed by atoms with van der Waals surface area (Å²) in [6.45, 7) is 12.6. The number of carbonyl (C=O) groups excluding carboxylic acids is 2. The first-order chi connectivity index (χ1) is 15.3. The van der Waals surface area contributed by atoms with Crippen LogP contribution in [0.25, 0.3) is 10.9 Å². The zero-order chi connectivity index (χ0) is 23.2. The molecule has 0 bridgehead atoms. The van der Waals surface area contributed by atoms with Crippen LogP contribution in [0.3, 0.4) is 0 Å². The molecule has 168 valence electrons. The van der Waals surface area contributed by atoms with E-state index in [0.29, 0.717) is 25.3 Å². The highest BCUT2D eigenvalue weighted by molar-refractivity contribution is 6.12. The van der Waals surface area contributed by atoms with E-state index < -0.39 is 0 Å². The molecule has 1 unspecified atom stereocenters. The van der Waals surface area contributed by atoms with Gasteiger partial charge in [-0.2, -0.15) is 0 Å². The number of carbonyl (C=O) groups is 2. The van der Waals surface area contributed by atoms with Gasteiger partial charge in [0, 0.05) is 17.4 Å². The third kappa shape index (κ3) is 3.53. The van der Waals surface area contributed by atoms with Crippen LogP contribution in [0.15, 0.2) is 30.3 Å². The Kier molecular flexibility index (Phi) is 5.71. The van der Waals surface area contributed by atoms with Crippen LogP contribution in [-0.4, -0.2) is 36.2 Å². The van der Waals surface area contributed by atoms with Gasteiger partial charge in [-0.05, 0) is 82.0 Å². The summed E-state index contributed by atoms with van der Waals surface area (Å²) < 4.78 is 5.37. The molecule has 1 N–H and O–H groups in total. The molecule has 1 aliphatic heterocycles. The summed E-state index contributed by atoms with van der Waals surface area (Å²) in [5.41, 5.74) is 7.25. The summed E-state index contributed by atoms with van der Waals surface area (Å²) in [4.78, 5) is 33.6. The van der Waals surface area contributed by atoms with Gasteiger partial charge >= 0.3 is 6.09 Å². The van der Waals surface area contributed by atoms with Gasteiger partial charge in [-0.1, -0.05) is 18.6 Å². The third-order valence-electron chi connectivity index (χ3n) is 6.51. The van der Waals surface area contributed by atoms with Crippen LogP contribution in [0.4, 0.5) is 16.2 Å². The van der Waals surface area contributed by atoms with Crippen molar-refractivity contribution in [3.05, 3.63) is 58.3 Å². The van der Waals surface area contributed by atoms with Gasteiger partial charge in [-0.15, -0.1) is 0 Å². The monoisotopic (exact) mass is 433 g/mol. The Morgan fingerprint density at radius 1 is 1.03 bits per heavy atom. The highest BCUT2D eigenvalue weighted by atomic mass is 16.6. The number of aromatic nitrogens is 1. The molecule has 0 saturated carbocycles. The van der Waals surface area contributed by atoms with E-state index in [0.717, 1.165) is 44.5 Å². The number of benzene rings is 2. The summed E-state index contributed by atoms with van der Waals surface area (Å²) in [5, 5.41) is 1.06. The minimum Gasteiger partial charge on any atom is -0.449 e. The average Bonchev–Trinajstić information content (AvgIpc) is 3.09. The third-order valence-corrected chi connectivity index (χ3v) is 6.51. The van der Waals surface area contributed by atoms with Gasteiger partial charge in [0.05, 0.1) is 24.0 Å². The van der Waals surface area contributed by atoms with E-state index >= 15 is 0 Å². The lowest BCUT2D eigenvalue weighted by molar-refractivity contribution is 0.0977. The van der Waals surface area contributed by atoms with Crippen molar-refractivity contribution < 1.29 is 14.3 Å². The van der Waals surface area contributed by atoms with E-state index in [4.69, 9.17) is 4.74 Å². The Hall–Kier alpha value is -3.28. The number of nitrogens with one attached hydrogen (secondary N) is 1. The van der Waals surface area contributed by atoms with E-state index in [1.807, 2.05) is 56.9 Å². The summed E-state index contributed by atoms with van der Waals surface area (Å²) >= 11 is 0. The van der Waals surface area contributed by atoms with Crippen molar-refractivity contribution in [2.75, 3.05) is 23.0 Å². The molecule has 6 heteroatoms. The zero-order valence-electron chi connectivity index (χ0n) is 19.7. The first-order valence-corrected chi connectivity index (χ1v) is 11.2. The second kappa shape index (κ2) is 8.34. The average molecular weight is 434 g/mol. The molecule has 0 radical (unpaired) electrons. The van der Waals surface area contributed by atoms with Crippen molar-refractivity contribution in [3.8, 4) is 0 Å². The molecular weight excluding hydrogens is 402 g/mol. The van der Waals surface area contributed by atoms with Gasteiger partial charge < -0.3 is 14.6 Å². The molecule has 6 nitrogen and oxygen atoms in total. The molecule has 1 aliphatic rings. The van der Waals surface area contributed by atoms with Crippen LogP contribution < -0.4 is 9.80 Å². The number of nitrogens with zero attached hydrogens (tertiary/aromatic N) is 2. The number of hydrogen-bond acceptors (Lipinski definition) is 3. The second-order valence-corrected chi connectivity index (χ2v) is 8.65. The van der Waals surface area contributed by atoms with E-state index in [-0.39, 0.29) is 18.0 Å². The smallest absolute Gasteiger partial charge is 0.414 e.